The zero-order chi connectivity index (χ0) is 25.3. The van der Waals surface area contributed by atoms with Crippen molar-refractivity contribution in [2.75, 3.05) is 26.2 Å². The molecular weight excluding hydrogens is 458 g/mol. The fourth-order valence-corrected chi connectivity index (χ4v) is 4.33. The van der Waals surface area contributed by atoms with Crippen molar-refractivity contribution >= 4 is 11.8 Å². The highest BCUT2D eigenvalue weighted by molar-refractivity contribution is 5.88. The van der Waals surface area contributed by atoms with Crippen LogP contribution < -0.4 is 15.4 Å². The number of hydrogen-bond donors (Lipinski definition) is 3. The first kappa shape index (κ1) is 25.4. The van der Waals surface area contributed by atoms with Gasteiger partial charge in [0.2, 0.25) is 11.8 Å². The summed E-state index contributed by atoms with van der Waals surface area (Å²) in [7, 11) is 0. The summed E-state index contributed by atoms with van der Waals surface area (Å²) in [4.78, 5) is 39.9. The highest BCUT2D eigenvalue weighted by Crippen LogP contribution is 2.23. The lowest BCUT2D eigenvalue weighted by atomic mass is 10.0. The number of aromatic nitrogens is 4. The van der Waals surface area contributed by atoms with Gasteiger partial charge in [-0.25, -0.2) is 9.97 Å². The molecule has 3 aromatic rings. The van der Waals surface area contributed by atoms with E-state index in [4.69, 9.17) is 4.74 Å². The lowest BCUT2D eigenvalue weighted by Crippen LogP contribution is -2.50. The Balaban J connectivity index is 1.54. The van der Waals surface area contributed by atoms with Crippen molar-refractivity contribution in [3.63, 3.8) is 0 Å². The average molecular weight is 494 g/mol. The van der Waals surface area contributed by atoms with Gasteiger partial charge in [0.1, 0.15) is 23.4 Å². The number of benzene rings is 1. The van der Waals surface area contributed by atoms with Gasteiger partial charge in [-0.1, -0.05) is 26.0 Å². The van der Waals surface area contributed by atoms with Gasteiger partial charge in [0, 0.05) is 50.0 Å². The predicted molar refractivity (Wildman–Crippen MR) is 136 cm³/mol. The Morgan fingerprint density at radius 1 is 1.17 bits per heavy atom. The van der Waals surface area contributed by atoms with Gasteiger partial charge in [-0.3, -0.25) is 14.5 Å². The number of ether oxygens (including phenoxy) is 1. The van der Waals surface area contributed by atoms with E-state index in [0.29, 0.717) is 39.2 Å². The van der Waals surface area contributed by atoms with Crippen LogP contribution in [0.15, 0.2) is 49.1 Å². The zero-order valence-corrected chi connectivity index (χ0v) is 20.9. The normalized spacial score (nSPS) is 18.5. The Kier molecular flexibility index (Phi) is 8.72. The standard InChI is InChI=1S/C26H35N7O3/c1-19(2)15-22-26(35)30-10-13-33-12-9-29-25(33)20-5-3-6-21(16-20)36-14-4-11-32(18-24(34)31-22)17-23-27-7-8-28-23/h3,5-9,12,16,19,22H,4,10-11,13-15,17-18H2,1-2H3,(H,27,28)(H,30,35)(H,31,34)/t22-/m1/s1. The van der Waals surface area contributed by atoms with Gasteiger partial charge in [0.05, 0.1) is 19.7 Å². The number of carbonyl (C=O) groups excluding carboxylic acids is 2. The number of carbonyl (C=O) groups is 2. The molecule has 1 atom stereocenters. The van der Waals surface area contributed by atoms with E-state index in [0.717, 1.165) is 29.4 Å². The molecule has 0 radical (unpaired) electrons. The second-order valence-electron chi connectivity index (χ2n) is 9.46. The number of aromatic amines is 1. The Morgan fingerprint density at radius 3 is 2.86 bits per heavy atom. The van der Waals surface area contributed by atoms with Crippen LogP contribution in [-0.2, 0) is 22.7 Å². The summed E-state index contributed by atoms with van der Waals surface area (Å²) in [6.45, 7) is 6.88. The van der Waals surface area contributed by atoms with Gasteiger partial charge in [-0.05, 0) is 30.9 Å². The Hall–Kier alpha value is -3.66. The summed E-state index contributed by atoms with van der Waals surface area (Å²) >= 11 is 0. The van der Waals surface area contributed by atoms with Crippen LogP contribution in [0.2, 0.25) is 0 Å². The van der Waals surface area contributed by atoms with Crippen LogP contribution in [0.5, 0.6) is 5.75 Å². The number of nitrogens with zero attached hydrogens (tertiary/aromatic N) is 4. The topological polar surface area (TPSA) is 117 Å². The summed E-state index contributed by atoms with van der Waals surface area (Å²) in [6.07, 6.45) is 8.40. The van der Waals surface area contributed by atoms with E-state index in [9.17, 15) is 9.59 Å². The van der Waals surface area contributed by atoms with E-state index in [1.54, 1.807) is 18.6 Å². The van der Waals surface area contributed by atoms with Gasteiger partial charge in [0.15, 0.2) is 0 Å². The first-order chi connectivity index (χ1) is 17.5. The van der Waals surface area contributed by atoms with E-state index in [1.165, 1.54) is 0 Å². The van der Waals surface area contributed by atoms with Crippen molar-refractivity contribution in [2.24, 2.45) is 5.92 Å². The van der Waals surface area contributed by atoms with Crippen LogP contribution in [0.4, 0.5) is 0 Å². The third kappa shape index (κ3) is 7.17. The van der Waals surface area contributed by atoms with Crippen molar-refractivity contribution in [2.45, 2.75) is 45.8 Å². The van der Waals surface area contributed by atoms with E-state index < -0.39 is 6.04 Å². The SMILES string of the molecule is CC(C)C[C@H]1NC(=O)CN(Cc2ncc[nH]2)CCCOc2cccc(c2)-c2nccn2CCNC1=O. The van der Waals surface area contributed by atoms with Crippen LogP contribution in [0.3, 0.4) is 0 Å². The lowest BCUT2D eigenvalue weighted by Gasteiger charge is -2.24. The summed E-state index contributed by atoms with van der Waals surface area (Å²) in [6, 6.07) is 7.27. The van der Waals surface area contributed by atoms with Gasteiger partial charge in [0.25, 0.3) is 0 Å². The first-order valence-corrected chi connectivity index (χ1v) is 12.5. The maximum absolute atomic E-state index is 13.0. The van der Waals surface area contributed by atoms with Crippen molar-refractivity contribution < 1.29 is 14.3 Å². The fraction of sp³-hybridized carbons (Fsp3) is 0.462. The molecular formula is C26H35N7O3. The van der Waals surface area contributed by atoms with E-state index in [-0.39, 0.29) is 24.3 Å². The Morgan fingerprint density at radius 2 is 2.06 bits per heavy atom. The largest absolute Gasteiger partial charge is 0.494 e. The van der Waals surface area contributed by atoms with Crippen molar-refractivity contribution in [1.82, 2.24) is 35.1 Å². The van der Waals surface area contributed by atoms with Gasteiger partial charge in [-0.15, -0.1) is 0 Å². The molecule has 2 amide bonds. The third-order valence-electron chi connectivity index (χ3n) is 6.00. The van der Waals surface area contributed by atoms with Crippen molar-refractivity contribution in [3.05, 3.63) is 54.9 Å². The Bertz CT molecular complexity index is 1130. The van der Waals surface area contributed by atoms with Crippen molar-refractivity contribution in [3.8, 4) is 17.1 Å². The van der Waals surface area contributed by atoms with E-state index in [1.807, 2.05) is 53.8 Å². The highest BCUT2D eigenvalue weighted by Gasteiger charge is 2.23. The number of hydrogen-bond acceptors (Lipinski definition) is 6. The molecule has 1 aliphatic rings. The van der Waals surface area contributed by atoms with Crippen LogP contribution >= 0.6 is 0 Å². The molecule has 0 saturated carbocycles. The number of rotatable bonds is 4. The molecule has 10 nitrogen and oxygen atoms in total. The van der Waals surface area contributed by atoms with Gasteiger partial charge >= 0.3 is 0 Å². The molecule has 0 spiro atoms. The summed E-state index contributed by atoms with van der Waals surface area (Å²) < 4.78 is 8.03. The van der Waals surface area contributed by atoms with Crippen LogP contribution in [0.1, 0.15) is 32.5 Å². The van der Waals surface area contributed by atoms with E-state index in [2.05, 4.69) is 25.6 Å². The van der Waals surface area contributed by atoms with Gasteiger partial charge < -0.3 is 24.9 Å². The fourth-order valence-electron chi connectivity index (χ4n) is 4.33. The molecule has 1 aliphatic heterocycles. The smallest absolute Gasteiger partial charge is 0.242 e. The first-order valence-electron chi connectivity index (χ1n) is 12.5. The number of H-pyrrole nitrogens is 1. The maximum Gasteiger partial charge on any atom is 0.242 e. The quantitative estimate of drug-likeness (QED) is 0.513. The summed E-state index contributed by atoms with van der Waals surface area (Å²) in [5.74, 6) is 2.26. The number of imidazole rings is 2. The zero-order valence-electron chi connectivity index (χ0n) is 20.9. The second-order valence-corrected chi connectivity index (χ2v) is 9.46. The minimum Gasteiger partial charge on any atom is -0.494 e. The van der Waals surface area contributed by atoms with E-state index >= 15 is 0 Å². The number of fused-ring (bicyclic) bond motifs is 4. The molecule has 1 aromatic carbocycles. The highest BCUT2D eigenvalue weighted by atomic mass is 16.5. The van der Waals surface area contributed by atoms with Crippen molar-refractivity contribution in [1.29, 1.82) is 0 Å². The minimum atomic E-state index is -0.593. The maximum atomic E-state index is 13.0. The van der Waals surface area contributed by atoms with Crippen LogP contribution in [-0.4, -0.2) is 68.5 Å². The average Bonchev–Trinajstić information content (AvgIpc) is 3.53. The molecule has 192 valence electrons. The van der Waals surface area contributed by atoms with Gasteiger partial charge in [-0.2, -0.15) is 0 Å². The monoisotopic (exact) mass is 493 g/mol. The molecule has 0 fully saturated rings. The molecule has 3 N–H and O–H groups in total. The predicted octanol–water partition coefficient (Wildman–Crippen LogP) is 2.20. The summed E-state index contributed by atoms with van der Waals surface area (Å²) in [5.41, 5.74) is 0.953. The molecule has 4 rings (SSSR count). The molecule has 36 heavy (non-hydrogen) atoms. The molecule has 0 aliphatic carbocycles. The molecule has 10 heteroatoms. The Labute approximate surface area is 211 Å². The molecule has 0 saturated heterocycles. The lowest BCUT2D eigenvalue weighted by molar-refractivity contribution is -0.130. The minimum absolute atomic E-state index is 0.163. The van der Waals surface area contributed by atoms with Crippen LogP contribution in [0, 0.1) is 5.92 Å². The molecule has 2 bridgehead atoms. The number of nitrogens with one attached hydrogen (secondary N) is 3. The molecule has 0 unspecified atom stereocenters. The van der Waals surface area contributed by atoms with Crippen LogP contribution in [0.25, 0.3) is 11.4 Å². The number of amides is 2. The third-order valence-corrected chi connectivity index (χ3v) is 6.00. The summed E-state index contributed by atoms with van der Waals surface area (Å²) in [5, 5.41) is 5.95. The second kappa shape index (κ2) is 12.3. The molecule has 2 aromatic heterocycles. The molecule has 3 heterocycles.